The zero-order chi connectivity index (χ0) is 22.1. The number of thiophene rings is 1. The van der Waals surface area contributed by atoms with Crippen molar-refractivity contribution < 1.29 is 4.79 Å². The van der Waals surface area contributed by atoms with E-state index in [1.165, 1.54) is 19.3 Å². The van der Waals surface area contributed by atoms with E-state index in [4.69, 9.17) is 4.98 Å². The molecule has 2 aliphatic rings. The fraction of sp³-hybridized carbons (Fsp3) is 0.708. The number of nitrogens with one attached hydrogen (secondary N) is 1. The Morgan fingerprint density at radius 1 is 1.16 bits per heavy atom. The number of carbonyl (C=O) groups is 1. The lowest BCUT2D eigenvalue weighted by molar-refractivity contribution is -0.123. The van der Waals surface area contributed by atoms with Gasteiger partial charge in [-0.1, -0.05) is 33.1 Å². The molecule has 0 spiro atoms. The Morgan fingerprint density at radius 3 is 2.61 bits per heavy atom. The molecule has 6 nitrogen and oxygen atoms in total. The molecule has 1 amide bonds. The summed E-state index contributed by atoms with van der Waals surface area (Å²) >= 11 is 1.62. The lowest BCUT2D eigenvalue weighted by Crippen LogP contribution is -2.47. The fourth-order valence-electron chi connectivity index (χ4n) is 5.19. The molecule has 2 aromatic heterocycles. The fourth-order valence-corrected chi connectivity index (χ4v) is 6.22. The summed E-state index contributed by atoms with van der Waals surface area (Å²) in [4.78, 5) is 35.4. The molecular formula is C24H36N4O2S. The minimum absolute atomic E-state index is 0.0673. The number of nitrogens with zero attached hydrogens (tertiary/aromatic N) is 3. The molecule has 3 heterocycles. The number of fused-ring (bicyclic) bond motifs is 1. The molecule has 170 valence electrons. The van der Waals surface area contributed by atoms with Gasteiger partial charge in [0.1, 0.15) is 10.7 Å². The predicted octanol–water partition coefficient (Wildman–Crippen LogP) is 4.28. The summed E-state index contributed by atoms with van der Waals surface area (Å²) in [6.07, 6.45) is 7.87. The number of piperidine rings is 1. The second-order valence-corrected chi connectivity index (χ2v) is 10.9. The molecule has 1 saturated carbocycles. The first-order valence-corrected chi connectivity index (χ1v) is 12.7. The zero-order valence-electron chi connectivity index (χ0n) is 19.4. The van der Waals surface area contributed by atoms with E-state index >= 15 is 0 Å². The first-order valence-electron chi connectivity index (χ1n) is 11.9. The molecule has 31 heavy (non-hydrogen) atoms. The van der Waals surface area contributed by atoms with E-state index in [2.05, 4.69) is 31.0 Å². The van der Waals surface area contributed by atoms with Crippen molar-refractivity contribution >= 4 is 27.5 Å². The van der Waals surface area contributed by atoms with Crippen LogP contribution in [-0.2, 0) is 4.79 Å². The van der Waals surface area contributed by atoms with Gasteiger partial charge in [-0.05, 0) is 51.6 Å². The van der Waals surface area contributed by atoms with E-state index in [0.29, 0.717) is 12.6 Å². The first-order chi connectivity index (χ1) is 14.8. The third-order valence-electron chi connectivity index (χ3n) is 6.96. The quantitative estimate of drug-likeness (QED) is 0.747. The molecule has 1 aliphatic heterocycles. The smallest absolute Gasteiger partial charge is 0.262 e. The van der Waals surface area contributed by atoms with Gasteiger partial charge in [0, 0.05) is 23.4 Å². The third-order valence-corrected chi connectivity index (χ3v) is 8.06. The highest BCUT2D eigenvalue weighted by Crippen LogP contribution is 2.30. The number of hydrogen-bond acceptors (Lipinski definition) is 5. The summed E-state index contributed by atoms with van der Waals surface area (Å²) in [5.74, 6) is 1.17. The van der Waals surface area contributed by atoms with Gasteiger partial charge in [0.25, 0.3) is 5.56 Å². The molecule has 0 aromatic carbocycles. The Kier molecular flexibility index (Phi) is 6.82. The number of rotatable bonds is 5. The van der Waals surface area contributed by atoms with E-state index < -0.39 is 0 Å². The van der Waals surface area contributed by atoms with Crippen molar-refractivity contribution in [1.82, 2.24) is 19.8 Å². The normalized spacial score (nSPS) is 21.1. The van der Waals surface area contributed by atoms with Gasteiger partial charge in [0.05, 0.1) is 18.0 Å². The van der Waals surface area contributed by atoms with Crippen molar-refractivity contribution in [3.63, 3.8) is 0 Å². The highest BCUT2D eigenvalue weighted by molar-refractivity contribution is 7.18. The largest absolute Gasteiger partial charge is 0.352 e. The number of hydrogen-bond donors (Lipinski definition) is 1. The molecule has 1 aliphatic carbocycles. The number of carbonyl (C=O) groups excluding carboxylic acids is 1. The van der Waals surface area contributed by atoms with Crippen LogP contribution in [0.2, 0.25) is 0 Å². The van der Waals surface area contributed by atoms with Crippen LogP contribution < -0.4 is 10.9 Å². The van der Waals surface area contributed by atoms with Crippen LogP contribution in [0, 0.1) is 13.8 Å². The molecule has 0 unspecified atom stereocenters. The monoisotopic (exact) mass is 444 g/mol. The van der Waals surface area contributed by atoms with Gasteiger partial charge in [-0.25, -0.2) is 4.98 Å². The Bertz CT molecular complexity index is 1000. The van der Waals surface area contributed by atoms with E-state index in [0.717, 1.165) is 65.3 Å². The molecule has 1 saturated heterocycles. The number of likely N-dealkylation sites (tertiary alicyclic amines) is 1. The van der Waals surface area contributed by atoms with Crippen LogP contribution in [0.15, 0.2) is 4.79 Å². The van der Waals surface area contributed by atoms with Crippen LogP contribution in [0.25, 0.3) is 10.2 Å². The molecule has 7 heteroatoms. The van der Waals surface area contributed by atoms with Gasteiger partial charge in [0.15, 0.2) is 0 Å². The van der Waals surface area contributed by atoms with Crippen LogP contribution in [0.1, 0.15) is 87.0 Å². The van der Waals surface area contributed by atoms with Crippen LogP contribution in [0.4, 0.5) is 0 Å². The van der Waals surface area contributed by atoms with Crippen molar-refractivity contribution in [2.24, 2.45) is 0 Å². The first kappa shape index (κ1) is 22.5. The van der Waals surface area contributed by atoms with Crippen LogP contribution in [0.5, 0.6) is 0 Å². The van der Waals surface area contributed by atoms with Crippen molar-refractivity contribution in [3.05, 3.63) is 26.6 Å². The van der Waals surface area contributed by atoms with E-state index in [9.17, 15) is 9.59 Å². The minimum Gasteiger partial charge on any atom is -0.352 e. The summed E-state index contributed by atoms with van der Waals surface area (Å²) in [5, 5.41) is 4.01. The van der Waals surface area contributed by atoms with E-state index in [1.807, 2.05) is 11.5 Å². The van der Waals surface area contributed by atoms with Crippen LogP contribution in [-0.4, -0.2) is 46.0 Å². The Morgan fingerprint density at radius 2 is 1.90 bits per heavy atom. The summed E-state index contributed by atoms with van der Waals surface area (Å²) in [5.41, 5.74) is 1.15. The summed E-state index contributed by atoms with van der Waals surface area (Å²) < 4.78 is 1.96. The molecule has 2 fully saturated rings. The standard InChI is InChI=1S/C24H36N4O2S/c1-15(2)22-26-23-21(16(3)17(4)31-23)24(30)28(22)19-11-8-12-27(13-19)14-20(29)25-18-9-6-5-7-10-18/h15,18-19H,5-14H2,1-4H3,(H,25,29)/t19-/m0/s1. The predicted molar refractivity (Wildman–Crippen MR) is 127 cm³/mol. The molecule has 2 aromatic rings. The number of aryl methyl sites for hydroxylation is 2. The highest BCUT2D eigenvalue weighted by Gasteiger charge is 2.28. The average Bonchev–Trinajstić information content (AvgIpc) is 3.02. The van der Waals surface area contributed by atoms with Gasteiger partial charge in [-0.15, -0.1) is 11.3 Å². The second kappa shape index (κ2) is 9.41. The van der Waals surface area contributed by atoms with Gasteiger partial charge in [-0.2, -0.15) is 0 Å². The van der Waals surface area contributed by atoms with Crippen molar-refractivity contribution in [1.29, 1.82) is 0 Å². The van der Waals surface area contributed by atoms with E-state index in [1.54, 1.807) is 11.3 Å². The SMILES string of the molecule is Cc1sc2nc(C(C)C)n([C@H]3CCCN(CC(=O)NC4CCCCC4)C3)c(=O)c2c1C. The van der Waals surface area contributed by atoms with Crippen molar-refractivity contribution in [2.75, 3.05) is 19.6 Å². The topological polar surface area (TPSA) is 67.2 Å². The maximum Gasteiger partial charge on any atom is 0.262 e. The maximum absolute atomic E-state index is 13.6. The third kappa shape index (κ3) is 4.72. The molecule has 4 rings (SSSR count). The molecule has 0 bridgehead atoms. The second-order valence-electron chi connectivity index (χ2n) is 9.70. The van der Waals surface area contributed by atoms with Gasteiger partial charge in [-0.3, -0.25) is 19.1 Å². The summed E-state index contributed by atoms with van der Waals surface area (Å²) in [6, 6.07) is 0.408. The van der Waals surface area contributed by atoms with Gasteiger partial charge < -0.3 is 5.32 Å². The van der Waals surface area contributed by atoms with Gasteiger partial charge in [0.2, 0.25) is 5.91 Å². The Labute approximate surface area is 189 Å². The summed E-state index contributed by atoms with van der Waals surface area (Å²) in [6.45, 7) is 10.4. The summed E-state index contributed by atoms with van der Waals surface area (Å²) in [7, 11) is 0. The minimum atomic E-state index is 0.0673. The molecule has 0 radical (unpaired) electrons. The number of amides is 1. The molecule has 1 N–H and O–H groups in total. The van der Waals surface area contributed by atoms with Crippen LogP contribution in [0.3, 0.4) is 0 Å². The molecular weight excluding hydrogens is 408 g/mol. The van der Waals surface area contributed by atoms with E-state index in [-0.39, 0.29) is 23.4 Å². The lowest BCUT2D eigenvalue weighted by Gasteiger charge is -2.35. The average molecular weight is 445 g/mol. The molecule has 1 atom stereocenters. The van der Waals surface area contributed by atoms with Crippen molar-refractivity contribution in [2.45, 2.75) is 90.6 Å². The Balaban J connectivity index is 1.55. The number of aromatic nitrogens is 2. The van der Waals surface area contributed by atoms with Gasteiger partial charge >= 0.3 is 0 Å². The lowest BCUT2D eigenvalue weighted by atomic mass is 9.95. The Hall–Kier alpha value is -1.73. The zero-order valence-corrected chi connectivity index (χ0v) is 20.2. The van der Waals surface area contributed by atoms with Crippen LogP contribution >= 0.6 is 11.3 Å². The maximum atomic E-state index is 13.6. The van der Waals surface area contributed by atoms with Crippen molar-refractivity contribution in [3.8, 4) is 0 Å². The highest BCUT2D eigenvalue weighted by atomic mass is 32.1.